The van der Waals surface area contributed by atoms with Crippen molar-refractivity contribution in [3.63, 3.8) is 0 Å². The summed E-state index contributed by atoms with van der Waals surface area (Å²) in [5.74, 6) is -0.998. The van der Waals surface area contributed by atoms with E-state index in [2.05, 4.69) is 15.4 Å². The number of carbonyl (C=O) groups excluding carboxylic acids is 1. The number of hydrogen-bond donors (Lipinski definition) is 3. The number of nitrogens with two attached hydrogens (primary N) is 1. The molecule has 0 atom stereocenters. The van der Waals surface area contributed by atoms with Crippen molar-refractivity contribution in [2.45, 2.75) is 44.2 Å². The molecule has 0 unspecified atom stereocenters. The number of carbonyl (C=O) groups is 1. The van der Waals surface area contributed by atoms with Crippen LogP contribution in [0.2, 0.25) is 0 Å². The fourth-order valence-corrected chi connectivity index (χ4v) is 3.71. The standard InChI is InChI=1S/C20H22FN5O2/c1-20(28)4-2-15(3-5-20)25-18-16(19(22)27)10-24-26-11-13(7-17(18)26)12-6-14(21)9-23-8-12/h6-11,15,25,28H,2-5H2,1H3,(H2,22,27)/t15-,20+. The maximum atomic E-state index is 13.6. The van der Waals surface area contributed by atoms with Crippen LogP contribution in [0.15, 0.2) is 36.9 Å². The molecule has 4 rings (SSSR count). The molecule has 28 heavy (non-hydrogen) atoms. The summed E-state index contributed by atoms with van der Waals surface area (Å²) in [7, 11) is 0. The first-order chi connectivity index (χ1) is 13.3. The summed E-state index contributed by atoms with van der Waals surface area (Å²) in [6.07, 6.45) is 8.83. The van der Waals surface area contributed by atoms with E-state index in [1.807, 2.05) is 13.0 Å². The first kappa shape index (κ1) is 18.4. The van der Waals surface area contributed by atoms with E-state index < -0.39 is 17.3 Å². The Kier molecular flexibility index (Phi) is 4.50. The second kappa shape index (κ2) is 6.87. The summed E-state index contributed by atoms with van der Waals surface area (Å²) in [5.41, 5.74) is 7.84. The van der Waals surface area contributed by atoms with Gasteiger partial charge in [0, 0.05) is 29.6 Å². The number of anilines is 1. The number of hydrogen-bond acceptors (Lipinski definition) is 5. The van der Waals surface area contributed by atoms with Crippen LogP contribution in [-0.4, -0.2) is 37.3 Å². The highest BCUT2D eigenvalue weighted by Gasteiger charge is 2.29. The highest BCUT2D eigenvalue weighted by molar-refractivity contribution is 6.02. The molecule has 0 aromatic carbocycles. The van der Waals surface area contributed by atoms with Crippen molar-refractivity contribution in [3.05, 3.63) is 48.3 Å². The molecule has 3 heterocycles. The smallest absolute Gasteiger partial charge is 0.252 e. The van der Waals surface area contributed by atoms with E-state index in [4.69, 9.17) is 5.73 Å². The number of fused-ring (bicyclic) bond motifs is 1. The van der Waals surface area contributed by atoms with Crippen LogP contribution in [0, 0.1) is 5.82 Å². The molecule has 0 aliphatic heterocycles. The van der Waals surface area contributed by atoms with Crippen LogP contribution in [0.1, 0.15) is 43.0 Å². The predicted octanol–water partition coefficient (Wildman–Crippen LogP) is 2.74. The van der Waals surface area contributed by atoms with E-state index in [0.717, 1.165) is 24.6 Å². The SMILES string of the molecule is C[C@]1(O)CC[C@@H](Nc2c(C(N)=O)cnn3cc(-c4cncc(F)c4)cc23)CC1. The fourth-order valence-electron chi connectivity index (χ4n) is 3.71. The molecule has 7 nitrogen and oxygen atoms in total. The number of rotatable bonds is 4. The van der Waals surface area contributed by atoms with Gasteiger partial charge in [-0.05, 0) is 44.7 Å². The molecule has 4 N–H and O–H groups in total. The number of primary amides is 1. The van der Waals surface area contributed by atoms with E-state index in [0.29, 0.717) is 35.2 Å². The fraction of sp³-hybridized carbons (Fsp3) is 0.350. The summed E-state index contributed by atoms with van der Waals surface area (Å²) in [4.78, 5) is 15.9. The molecule has 0 spiro atoms. The second-order valence-corrected chi connectivity index (χ2v) is 7.66. The molecule has 0 radical (unpaired) electrons. The van der Waals surface area contributed by atoms with Gasteiger partial charge in [-0.2, -0.15) is 5.10 Å². The summed E-state index contributed by atoms with van der Waals surface area (Å²) < 4.78 is 15.2. The number of amides is 1. The van der Waals surface area contributed by atoms with Crippen molar-refractivity contribution in [2.75, 3.05) is 5.32 Å². The van der Waals surface area contributed by atoms with Gasteiger partial charge in [0.15, 0.2) is 0 Å². The van der Waals surface area contributed by atoms with Crippen LogP contribution in [-0.2, 0) is 0 Å². The average molecular weight is 383 g/mol. The summed E-state index contributed by atoms with van der Waals surface area (Å²) in [5, 5.41) is 17.9. The molecule has 1 fully saturated rings. The van der Waals surface area contributed by atoms with Gasteiger partial charge in [0.1, 0.15) is 5.82 Å². The molecule has 3 aromatic rings. The Balaban J connectivity index is 1.74. The van der Waals surface area contributed by atoms with Crippen LogP contribution in [0.3, 0.4) is 0 Å². The third-order valence-electron chi connectivity index (χ3n) is 5.35. The Morgan fingerprint density at radius 1 is 1.29 bits per heavy atom. The van der Waals surface area contributed by atoms with Gasteiger partial charge in [0.05, 0.1) is 34.8 Å². The van der Waals surface area contributed by atoms with Gasteiger partial charge in [-0.15, -0.1) is 0 Å². The van der Waals surface area contributed by atoms with Gasteiger partial charge in [0.2, 0.25) is 0 Å². The lowest BCUT2D eigenvalue weighted by molar-refractivity contribution is 0.0196. The minimum absolute atomic E-state index is 0.110. The zero-order chi connectivity index (χ0) is 19.9. The quantitative estimate of drug-likeness (QED) is 0.642. The molecule has 1 aliphatic rings. The number of nitrogens with zero attached hydrogens (tertiary/aromatic N) is 3. The number of nitrogens with one attached hydrogen (secondary N) is 1. The Morgan fingerprint density at radius 2 is 2.04 bits per heavy atom. The molecule has 146 valence electrons. The minimum Gasteiger partial charge on any atom is -0.390 e. The summed E-state index contributed by atoms with van der Waals surface area (Å²) in [6, 6.07) is 3.34. The first-order valence-corrected chi connectivity index (χ1v) is 9.23. The van der Waals surface area contributed by atoms with E-state index in [-0.39, 0.29) is 6.04 Å². The Morgan fingerprint density at radius 3 is 2.71 bits per heavy atom. The van der Waals surface area contributed by atoms with Crippen molar-refractivity contribution in [1.82, 2.24) is 14.6 Å². The molecular weight excluding hydrogens is 361 g/mol. The van der Waals surface area contributed by atoms with Gasteiger partial charge < -0.3 is 16.2 Å². The van der Waals surface area contributed by atoms with Crippen LogP contribution in [0.5, 0.6) is 0 Å². The number of pyridine rings is 1. The molecular formula is C20H22FN5O2. The van der Waals surface area contributed by atoms with Crippen LogP contribution in [0.4, 0.5) is 10.1 Å². The highest BCUT2D eigenvalue weighted by Crippen LogP contribution is 2.33. The lowest BCUT2D eigenvalue weighted by atomic mass is 9.83. The zero-order valence-electron chi connectivity index (χ0n) is 15.5. The molecule has 8 heteroatoms. The topological polar surface area (TPSA) is 106 Å². The van der Waals surface area contributed by atoms with Crippen molar-refractivity contribution in [3.8, 4) is 11.1 Å². The first-order valence-electron chi connectivity index (χ1n) is 9.23. The predicted molar refractivity (Wildman–Crippen MR) is 103 cm³/mol. The largest absolute Gasteiger partial charge is 0.390 e. The number of aromatic nitrogens is 3. The van der Waals surface area contributed by atoms with Crippen molar-refractivity contribution in [2.24, 2.45) is 5.73 Å². The molecule has 3 aromatic heterocycles. The minimum atomic E-state index is -0.648. The summed E-state index contributed by atoms with van der Waals surface area (Å²) in [6.45, 7) is 1.84. The van der Waals surface area contributed by atoms with Gasteiger partial charge in [-0.3, -0.25) is 9.78 Å². The molecule has 1 saturated carbocycles. The lowest BCUT2D eigenvalue weighted by Gasteiger charge is -2.34. The van der Waals surface area contributed by atoms with Crippen LogP contribution < -0.4 is 11.1 Å². The summed E-state index contributed by atoms with van der Waals surface area (Å²) >= 11 is 0. The van der Waals surface area contributed by atoms with E-state index in [1.54, 1.807) is 16.9 Å². The Labute approximate surface area is 161 Å². The molecule has 1 aliphatic carbocycles. The Hall–Kier alpha value is -3.00. The van der Waals surface area contributed by atoms with Gasteiger partial charge in [0.25, 0.3) is 5.91 Å². The maximum absolute atomic E-state index is 13.6. The van der Waals surface area contributed by atoms with E-state index in [1.165, 1.54) is 12.3 Å². The van der Waals surface area contributed by atoms with E-state index in [9.17, 15) is 14.3 Å². The lowest BCUT2D eigenvalue weighted by Crippen LogP contribution is -2.36. The molecule has 0 saturated heterocycles. The molecule has 1 amide bonds. The normalized spacial score (nSPS) is 22.3. The number of aliphatic hydroxyl groups is 1. The third-order valence-corrected chi connectivity index (χ3v) is 5.35. The van der Waals surface area contributed by atoms with Crippen molar-refractivity contribution >= 4 is 17.1 Å². The Bertz CT molecular complexity index is 1040. The second-order valence-electron chi connectivity index (χ2n) is 7.66. The third kappa shape index (κ3) is 3.55. The van der Waals surface area contributed by atoms with Gasteiger partial charge in [-0.25, -0.2) is 8.91 Å². The molecule has 0 bridgehead atoms. The monoisotopic (exact) mass is 383 g/mol. The van der Waals surface area contributed by atoms with Crippen LogP contribution in [0.25, 0.3) is 16.6 Å². The van der Waals surface area contributed by atoms with Crippen molar-refractivity contribution in [1.29, 1.82) is 0 Å². The maximum Gasteiger partial charge on any atom is 0.252 e. The average Bonchev–Trinajstić information content (AvgIpc) is 3.08. The van der Waals surface area contributed by atoms with E-state index >= 15 is 0 Å². The number of halogens is 1. The van der Waals surface area contributed by atoms with Gasteiger partial charge in [-0.1, -0.05) is 0 Å². The van der Waals surface area contributed by atoms with Crippen LogP contribution >= 0.6 is 0 Å². The highest BCUT2D eigenvalue weighted by atomic mass is 19.1. The zero-order valence-corrected chi connectivity index (χ0v) is 15.5. The van der Waals surface area contributed by atoms with Crippen molar-refractivity contribution < 1.29 is 14.3 Å². The van der Waals surface area contributed by atoms with Gasteiger partial charge >= 0.3 is 0 Å².